The van der Waals surface area contributed by atoms with Gasteiger partial charge in [-0.2, -0.15) is 0 Å². The van der Waals surface area contributed by atoms with Crippen LogP contribution in [-0.2, 0) is 9.47 Å². The van der Waals surface area contributed by atoms with Gasteiger partial charge in [0.1, 0.15) is 11.5 Å². The first-order valence-electron chi connectivity index (χ1n) is 11.2. The number of hydrogen-bond donors (Lipinski definition) is 0. The molecule has 0 saturated carbocycles. The summed E-state index contributed by atoms with van der Waals surface area (Å²) in [6.45, 7) is 0. The number of halogens is 2. The van der Waals surface area contributed by atoms with Gasteiger partial charge in [-0.3, -0.25) is 0 Å². The van der Waals surface area contributed by atoms with Crippen molar-refractivity contribution < 1.29 is 28.5 Å². The van der Waals surface area contributed by atoms with Gasteiger partial charge in [0.05, 0.1) is 71.3 Å². The highest BCUT2D eigenvalue weighted by atomic mass is 79.9. The van der Waals surface area contributed by atoms with Gasteiger partial charge in [0.15, 0.2) is 0 Å². The van der Waals surface area contributed by atoms with Gasteiger partial charge in [-0.25, -0.2) is 19.6 Å². The van der Waals surface area contributed by atoms with Gasteiger partial charge < -0.3 is 18.9 Å². The molecular formula is C28H22Br2N2O6. The summed E-state index contributed by atoms with van der Waals surface area (Å²) in [6.07, 6.45) is 0. The predicted molar refractivity (Wildman–Crippen MR) is 150 cm³/mol. The summed E-state index contributed by atoms with van der Waals surface area (Å²) in [7, 11) is 5.74. The lowest BCUT2D eigenvalue weighted by Crippen LogP contribution is -2.03. The van der Waals surface area contributed by atoms with Gasteiger partial charge in [0.25, 0.3) is 0 Å². The second kappa shape index (κ2) is 11.7. The van der Waals surface area contributed by atoms with Crippen LogP contribution in [0.1, 0.15) is 20.7 Å². The third-order valence-corrected chi connectivity index (χ3v) is 6.83. The van der Waals surface area contributed by atoms with Crippen molar-refractivity contribution in [2.24, 2.45) is 0 Å². The van der Waals surface area contributed by atoms with Gasteiger partial charge in [-0.15, -0.1) is 0 Å². The molecule has 2 aromatic carbocycles. The molecule has 4 rings (SSSR count). The van der Waals surface area contributed by atoms with Crippen LogP contribution in [0.15, 0.2) is 69.6 Å². The Balaban J connectivity index is 1.83. The first-order chi connectivity index (χ1) is 18.3. The van der Waals surface area contributed by atoms with Crippen molar-refractivity contribution in [2.45, 2.75) is 0 Å². The van der Waals surface area contributed by atoms with E-state index in [1.807, 2.05) is 36.4 Å². The monoisotopic (exact) mass is 640 g/mol. The lowest BCUT2D eigenvalue weighted by Gasteiger charge is -2.14. The Kier molecular flexibility index (Phi) is 8.43. The van der Waals surface area contributed by atoms with Crippen molar-refractivity contribution in [2.75, 3.05) is 28.4 Å². The zero-order valence-electron chi connectivity index (χ0n) is 20.9. The molecule has 10 heteroatoms. The maximum atomic E-state index is 12.2. The summed E-state index contributed by atoms with van der Waals surface area (Å²) >= 11 is 6.94. The Morgan fingerprint density at radius 1 is 0.605 bits per heavy atom. The molecule has 0 aliphatic rings. The van der Waals surface area contributed by atoms with Crippen LogP contribution in [0.4, 0.5) is 0 Å². The summed E-state index contributed by atoms with van der Waals surface area (Å²) in [5.41, 5.74) is 4.25. The second-order valence-corrected chi connectivity index (χ2v) is 9.59. The van der Waals surface area contributed by atoms with Crippen LogP contribution in [-0.4, -0.2) is 50.3 Å². The van der Waals surface area contributed by atoms with E-state index in [2.05, 4.69) is 31.9 Å². The standard InChI is InChI=1S/C28H22Br2N2O6/c1-35-25-17(11-15(13-19(25)29)27(33)37-3)21-7-5-9-23(31-21)24-10-6-8-22(32-24)18-12-16(28(34)38-4)14-20(30)26(18)36-2/h5-14H,1-4H3. The largest absolute Gasteiger partial charge is 0.495 e. The number of ether oxygens (including phenoxy) is 4. The van der Waals surface area contributed by atoms with E-state index in [0.717, 1.165) is 0 Å². The summed E-state index contributed by atoms with van der Waals surface area (Å²) < 4.78 is 22.1. The second-order valence-electron chi connectivity index (χ2n) is 7.88. The van der Waals surface area contributed by atoms with Crippen LogP contribution in [0.3, 0.4) is 0 Å². The Labute approximate surface area is 236 Å². The molecule has 0 saturated heterocycles. The Hall–Kier alpha value is -3.76. The van der Waals surface area contributed by atoms with Gasteiger partial charge >= 0.3 is 11.9 Å². The van der Waals surface area contributed by atoms with Crippen molar-refractivity contribution >= 4 is 43.8 Å². The van der Waals surface area contributed by atoms with Crippen LogP contribution in [0, 0.1) is 0 Å². The molecule has 2 heterocycles. The van der Waals surface area contributed by atoms with Gasteiger partial charge in [-0.05, 0) is 80.4 Å². The molecule has 0 spiro atoms. The van der Waals surface area contributed by atoms with Crippen LogP contribution < -0.4 is 9.47 Å². The van der Waals surface area contributed by atoms with Crippen LogP contribution >= 0.6 is 31.9 Å². The summed E-state index contributed by atoms with van der Waals surface area (Å²) in [4.78, 5) is 34.1. The van der Waals surface area contributed by atoms with E-state index >= 15 is 0 Å². The van der Waals surface area contributed by atoms with E-state index in [-0.39, 0.29) is 0 Å². The fraction of sp³-hybridized carbons (Fsp3) is 0.143. The highest BCUT2D eigenvalue weighted by Crippen LogP contribution is 2.39. The molecule has 38 heavy (non-hydrogen) atoms. The minimum absolute atomic E-state index is 0.352. The third kappa shape index (κ3) is 5.41. The Morgan fingerprint density at radius 2 is 0.974 bits per heavy atom. The fourth-order valence-corrected chi connectivity index (χ4v) is 5.15. The average Bonchev–Trinajstić information content (AvgIpc) is 2.95. The maximum absolute atomic E-state index is 12.2. The zero-order chi connectivity index (χ0) is 27.4. The molecule has 8 nitrogen and oxygen atoms in total. The minimum Gasteiger partial charge on any atom is -0.495 e. The fourth-order valence-electron chi connectivity index (χ4n) is 3.91. The van der Waals surface area contributed by atoms with E-state index in [4.69, 9.17) is 28.9 Å². The average molecular weight is 642 g/mol. The van der Waals surface area contributed by atoms with Crippen LogP contribution in [0.25, 0.3) is 33.9 Å². The minimum atomic E-state index is -0.477. The van der Waals surface area contributed by atoms with Gasteiger partial charge in [0.2, 0.25) is 0 Å². The van der Waals surface area contributed by atoms with E-state index in [0.29, 0.717) is 65.5 Å². The van der Waals surface area contributed by atoms with Crippen molar-refractivity contribution in [1.82, 2.24) is 9.97 Å². The molecule has 0 N–H and O–H groups in total. The lowest BCUT2D eigenvalue weighted by atomic mass is 10.0. The summed E-state index contributed by atoms with van der Waals surface area (Å²) in [5.74, 6) is 0.0975. The zero-order valence-corrected chi connectivity index (χ0v) is 24.0. The first kappa shape index (κ1) is 27.3. The number of carbonyl (C=O) groups excluding carboxylic acids is 2. The SMILES string of the molecule is COC(=O)c1cc(Br)c(OC)c(-c2cccc(-c3cccc(-c4cc(C(=O)OC)cc(Br)c4OC)n3)n2)c1. The van der Waals surface area contributed by atoms with Gasteiger partial charge in [-0.1, -0.05) is 12.1 Å². The number of esters is 2. The first-order valence-corrected chi connectivity index (χ1v) is 12.8. The maximum Gasteiger partial charge on any atom is 0.337 e. The molecule has 0 amide bonds. The third-order valence-electron chi connectivity index (χ3n) is 5.65. The Bertz CT molecular complexity index is 1430. The van der Waals surface area contributed by atoms with E-state index in [1.54, 1.807) is 38.5 Å². The number of rotatable bonds is 7. The summed E-state index contributed by atoms with van der Waals surface area (Å²) in [6, 6.07) is 17.6. The molecule has 2 aromatic heterocycles. The molecular weight excluding hydrogens is 620 g/mol. The number of pyridine rings is 2. The summed E-state index contributed by atoms with van der Waals surface area (Å²) in [5, 5.41) is 0. The molecule has 4 aromatic rings. The normalized spacial score (nSPS) is 10.6. The predicted octanol–water partition coefficient (Wildman–Crippen LogP) is 6.59. The number of benzene rings is 2. The smallest absolute Gasteiger partial charge is 0.337 e. The molecule has 0 radical (unpaired) electrons. The van der Waals surface area contributed by atoms with Crippen molar-refractivity contribution in [3.8, 4) is 45.4 Å². The molecule has 0 atom stereocenters. The van der Waals surface area contributed by atoms with E-state index < -0.39 is 11.9 Å². The van der Waals surface area contributed by atoms with E-state index in [1.165, 1.54) is 14.2 Å². The van der Waals surface area contributed by atoms with Crippen molar-refractivity contribution in [3.05, 3.63) is 80.7 Å². The van der Waals surface area contributed by atoms with Crippen LogP contribution in [0.5, 0.6) is 11.5 Å². The molecule has 0 bridgehead atoms. The Morgan fingerprint density at radius 3 is 1.32 bits per heavy atom. The molecule has 0 aliphatic heterocycles. The quantitative estimate of drug-likeness (QED) is 0.209. The topological polar surface area (TPSA) is 96.8 Å². The number of aromatic nitrogens is 2. The van der Waals surface area contributed by atoms with Gasteiger partial charge in [0, 0.05) is 11.1 Å². The lowest BCUT2D eigenvalue weighted by molar-refractivity contribution is 0.0591. The molecule has 0 aliphatic carbocycles. The van der Waals surface area contributed by atoms with Crippen molar-refractivity contribution in [3.63, 3.8) is 0 Å². The number of nitrogens with zero attached hydrogens (tertiary/aromatic N) is 2. The number of methoxy groups -OCH3 is 4. The molecule has 194 valence electrons. The van der Waals surface area contributed by atoms with E-state index in [9.17, 15) is 9.59 Å². The molecule has 0 fully saturated rings. The van der Waals surface area contributed by atoms with Crippen molar-refractivity contribution in [1.29, 1.82) is 0 Å². The van der Waals surface area contributed by atoms with Crippen LogP contribution in [0.2, 0.25) is 0 Å². The molecule has 0 unspecified atom stereocenters. The number of carbonyl (C=O) groups is 2. The number of hydrogen-bond acceptors (Lipinski definition) is 8. The highest BCUT2D eigenvalue weighted by Gasteiger charge is 2.19. The highest BCUT2D eigenvalue weighted by molar-refractivity contribution is 9.11.